The lowest BCUT2D eigenvalue weighted by atomic mass is 10.0. The molecule has 0 aliphatic rings. The Hall–Kier alpha value is -2.37. The van der Waals surface area contributed by atoms with Gasteiger partial charge in [-0.05, 0) is 77.0 Å². The minimum atomic E-state index is -0.776. The van der Waals surface area contributed by atoms with Gasteiger partial charge in [-0.3, -0.25) is 14.4 Å². The van der Waals surface area contributed by atoms with Crippen LogP contribution in [0.4, 0.5) is 0 Å². The highest BCUT2D eigenvalue weighted by atomic mass is 16.6. The molecule has 0 aromatic heterocycles. The van der Waals surface area contributed by atoms with Crippen molar-refractivity contribution in [1.82, 2.24) is 0 Å². The molecular formula is C70H130O6. The smallest absolute Gasteiger partial charge is 0.306 e. The number of rotatable bonds is 63. The number of esters is 3. The van der Waals surface area contributed by atoms with Gasteiger partial charge in [0.15, 0.2) is 6.10 Å². The van der Waals surface area contributed by atoms with Crippen LogP contribution >= 0.6 is 0 Å². The Kier molecular flexibility index (Phi) is 63.1. The van der Waals surface area contributed by atoms with Crippen molar-refractivity contribution >= 4 is 17.9 Å². The number of hydrogen-bond donors (Lipinski definition) is 0. The molecule has 0 saturated heterocycles. The molecule has 6 nitrogen and oxygen atoms in total. The molecule has 0 spiro atoms. The molecule has 0 radical (unpaired) electrons. The van der Waals surface area contributed by atoms with E-state index in [0.29, 0.717) is 19.3 Å². The highest BCUT2D eigenvalue weighted by Crippen LogP contribution is 2.18. The number of carbonyl (C=O) groups excluding carboxylic acids is 3. The summed E-state index contributed by atoms with van der Waals surface area (Å²) in [6.45, 7) is 6.66. The van der Waals surface area contributed by atoms with E-state index in [2.05, 4.69) is 57.2 Å². The number of ether oxygens (including phenoxy) is 3. The Morgan fingerprint density at radius 1 is 0.263 bits per heavy atom. The normalized spacial score (nSPS) is 12.2. The first kappa shape index (κ1) is 73.6. The summed E-state index contributed by atoms with van der Waals surface area (Å²) in [6.07, 6.45) is 80.3. The van der Waals surface area contributed by atoms with Crippen molar-refractivity contribution < 1.29 is 28.6 Å². The van der Waals surface area contributed by atoms with Crippen LogP contribution in [0.15, 0.2) is 36.5 Å². The summed E-state index contributed by atoms with van der Waals surface area (Å²) in [5, 5.41) is 0. The van der Waals surface area contributed by atoms with Gasteiger partial charge in [0.1, 0.15) is 13.2 Å². The summed E-state index contributed by atoms with van der Waals surface area (Å²) in [7, 11) is 0. The Balaban J connectivity index is 4.17. The molecule has 0 saturated carbocycles. The van der Waals surface area contributed by atoms with Gasteiger partial charge in [-0.2, -0.15) is 0 Å². The molecule has 0 fully saturated rings. The first-order valence-corrected chi connectivity index (χ1v) is 34.0. The number of unbranched alkanes of at least 4 members (excludes halogenated alkanes) is 46. The Labute approximate surface area is 474 Å². The molecule has 76 heavy (non-hydrogen) atoms. The average molecular weight is 1070 g/mol. The van der Waals surface area contributed by atoms with Gasteiger partial charge in [-0.15, -0.1) is 0 Å². The van der Waals surface area contributed by atoms with Gasteiger partial charge in [0.2, 0.25) is 0 Å². The zero-order valence-corrected chi connectivity index (χ0v) is 51.3. The lowest BCUT2D eigenvalue weighted by Gasteiger charge is -2.18. The Morgan fingerprint density at radius 2 is 0.474 bits per heavy atom. The monoisotopic (exact) mass is 1070 g/mol. The fraction of sp³-hybridized carbons (Fsp3) is 0.871. The van der Waals surface area contributed by atoms with Crippen molar-refractivity contribution in [1.29, 1.82) is 0 Å². The molecule has 0 aliphatic heterocycles. The SMILES string of the molecule is CCCCC/C=C\C/C=C\CCCCCCCC(=O)OC(COC(=O)CCCCCCCCCCCCCCCC)COC(=O)CCCCCCCCCCCCCCCCCCC/C=C\CCCCCCCCCC. The van der Waals surface area contributed by atoms with Crippen molar-refractivity contribution in [2.75, 3.05) is 13.2 Å². The molecular weight excluding hydrogens is 937 g/mol. The van der Waals surface area contributed by atoms with E-state index in [1.807, 2.05) is 0 Å². The van der Waals surface area contributed by atoms with E-state index in [9.17, 15) is 14.4 Å². The maximum absolute atomic E-state index is 12.9. The van der Waals surface area contributed by atoms with Crippen LogP contribution in [0, 0.1) is 0 Å². The minimum Gasteiger partial charge on any atom is -0.462 e. The van der Waals surface area contributed by atoms with Crippen LogP contribution in [0.5, 0.6) is 0 Å². The predicted molar refractivity (Wildman–Crippen MR) is 330 cm³/mol. The second-order valence-electron chi connectivity index (χ2n) is 23.1. The van der Waals surface area contributed by atoms with E-state index in [-0.39, 0.29) is 31.1 Å². The summed E-state index contributed by atoms with van der Waals surface area (Å²) in [5.41, 5.74) is 0. The molecule has 0 rings (SSSR count). The second kappa shape index (κ2) is 65.2. The molecule has 446 valence electrons. The molecule has 0 aromatic rings. The van der Waals surface area contributed by atoms with Crippen molar-refractivity contribution in [3.8, 4) is 0 Å². The van der Waals surface area contributed by atoms with Crippen LogP contribution in [0.1, 0.15) is 374 Å². The fourth-order valence-electron chi connectivity index (χ4n) is 10.2. The van der Waals surface area contributed by atoms with Gasteiger partial charge >= 0.3 is 17.9 Å². The Bertz CT molecular complexity index is 1270. The summed E-state index contributed by atoms with van der Waals surface area (Å²) in [4.78, 5) is 38.3. The number of allylic oxidation sites excluding steroid dienone is 6. The maximum Gasteiger partial charge on any atom is 0.306 e. The molecule has 1 unspecified atom stereocenters. The van der Waals surface area contributed by atoms with Gasteiger partial charge in [0.25, 0.3) is 0 Å². The van der Waals surface area contributed by atoms with Gasteiger partial charge in [0, 0.05) is 19.3 Å². The summed E-state index contributed by atoms with van der Waals surface area (Å²) >= 11 is 0. The van der Waals surface area contributed by atoms with Crippen LogP contribution in [0.2, 0.25) is 0 Å². The average Bonchev–Trinajstić information content (AvgIpc) is 3.42. The topological polar surface area (TPSA) is 78.9 Å². The first-order chi connectivity index (χ1) is 37.5. The van der Waals surface area contributed by atoms with E-state index < -0.39 is 6.10 Å². The van der Waals surface area contributed by atoms with Crippen LogP contribution in [-0.2, 0) is 28.6 Å². The van der Waals surface area contributed by atoms with E-state index in [0.717, 1.165) is 83.5 Å². The molecule has 0 aromatic carbocycles. The second-order valence-corrected chi connectivity index (χ2v) is 23.1. The van der Waals surface area contributed by atoms with Crippen LogP contribution in [0.25, 0.3) is 0 Å². The number of hydrogen-bond acceptors (Lipinski definition) is 6. The van der Waals surface area contributed by atoms with Crippen LogP contribution in [0.3, 0.4) is 0 Å². The van der Waals surface area contributed by atoms with Gasteiger partial charge in [-0.25, -0.2) is 0 Å². The maximum atomic E-state index is 12.9. The third kappa shape index (κ3) is 62.5. The van der Waals surface area contributed by atoms with Gasteiger partial charge in [-0.1, -0.05) is 314 Å². The largest absolute Gasteiger partial charge is 0.462 e. The van der Waals surface area contributed by atoms with Gasteiger partial charge in [0.05, 0.1) is 0 Å². The molecule has 1 atom stereocenters. The number of carbonyl (C=O) groups is 3. The molecule has 0 amide bonds. The molecule has 0 heterocycles. The minimum absolute atomic E-state index is 0.0727. The fourth-order valence-corrected chi connectivity index (χ4v) is 10.2. The van der Waals surface area contributed by atoms with Crippen molar-refractivity contribution in [3.63, 3.8) is 0 Å². The molecule has 0 aliphatic carbocycles. The molecule has 0 N–H and O–H groups in total. The van der Waals surface area contributed by atoms with Crippen molar-refractivity contribution in [2.45, 2.75) is 380 Å². The molecule has 0 bridgehead atoms. The van der Waals surface area contributed by atoms with E-state index in [1.54, 1.807) is 0 Å². The quantitative estimate of drug-likeness (QED) is 0.0261. The summed E-state index contributed by atoms with van der Waals surface area (Å²) in [5.74, 6) is -0.861. The highest BCUT2D eigenvalue weighted by molar-refractivity contribution is 5.71. The molecule has 6 heteroatoms. The highest BCUT2D eigenvalue weighted by Gasteiger charge is 2.19. The third-order valence-corrected chi connectivity index (χ3v) is 15.4. The van der Waals surface area contributed by atoms with E-state index in [1.165, 1.54) is 250 Å². The lowest BCUT2D eigenvalue weighted by Crippen LogP contribution is -2.30. The Morgan fingerprint density at radius 3 is 0.763 bits per heavy atom. The zero-order valence-electron chi connectivity index (χ0n) is 51.3. The van der Waals surface area contributed by atoms with Gasteiger partial charge < -0.3 is 14.2 Å². The summed E-state index contributed by atoms with van der Waals surface area (Å²) in [6, 6.07) is 0. The summed E-state index contributed by atoms with van der Waals surface area (Å²) < 4.78 is 16.9. The first-order valence-electron chi connectivity index (χ1n) is 34.0. The van der Waals surface area contributed by atoms with E-state index in [4.69, 9.17) is 14.2 Å². The van der Waals surface area contributed by atoms with Crippen molar-refractivity contribution in [2.24, 2.45) is 0 Å². The lowest BCUT2D eigenvalue weighted by molar-refractivity contribution is -0.167. The zero-order chi connectivity index (χ0) is 55.0. The third-order valence-electron chi connectivity index (χ3n) is 15.4. The van der Waals surface area contributed by atoms with E-state index >= 15 is 0 Å². The standard InChI is InChI=1S/C70H130O6/c1-4-7-10-13-16-19-22-25-28-29-30-31-32-33-34-35-36-37-38-39-40-41-43-45-48-51-54-57-60-63-69(72)75-66-67(65-74-68(71)62-59-56-53-50-47-44-27-24-21-18-15-12-9-6-3)76-70(73)64-61-58-55-52-49-46-42-26-23-20-17-14-11-8-5-2/h17,20,26,29-30,42,67H,4-16,18-19,21-25,27-28,31-41,43-66H2,1-3H3/b20-17-,30-29-,42-26-. The van der Waals surface area contributed by atoms with Crippen LogP contribution < -0.4 is 0 Å². The van der Waals surface area contributed by atoms with Crippen molar-refractivity contribution in [3.05, 3.63) is 36.5 Å². The predicted octanol–water partition coefficient (Wildman–Crippen LogP) is 23.2. The van der Waals surface area contributed by atoms with Crippen LogP contribution in [-0.4, -0.2) is 37.2 Å².